The van der Waals surface area contributed by atoms with E-state index in [2.05, 4.69) is 4.84 Å². The molecule has 0 aromatic heterocycles. The minimum Gasteiger partial charge on any atom is -0.333 e. The van der Waals surface area contributed by atoms with Crippen molar-refractivity contribution in [3.8, 4) is 0 Å². The maximum Gasteiger partial charge on any atom is 0.414 e. The minimum absolute atomic E-state index is 0.175. The molecular weight excluding hydrogens is 229 g/mol. The second-order valence-electron chi connectivity index (χ2n) is 3.35. The molecular formula is C8H11F3N2O3. The van der Waals surface area contributed by atoms with Crippen LogP contribution >= 0.6 is 0 Å². The summed E-state index contributed by atoms with van der Waals surface area (Å²) < 4.78 is 34.9. The molecule has 5 nitrogen and oxygen atoms in total. The van der Waals surface area contributed by atoms with Crippen LogP contribution in [0.4, 0.5) is 13.2 Å². The first-order valence-electron chi connectivity index (χ1n) is 4.63. The molecule has 0 saturated carbocycles. The summed E-state index contributed by atoms with van der Waals surface area (Å²) in [6, 6.07) is 0. The number of nitrogens with one attached hydrogen (secondary N) is 1. The first-order valence-corrected chi connectivity index (χ1v) is 4.63. The molecule has 1 heterocycles. The van der Waals surface area contributed by atoms with Crippen molar-refractivity contribution < 1.29 is 27.6 Å². The highest BCUT2D eigenvalue weighted by Gasteiger charge is 2.28. The van der Waals surface area contributed by atoms with Gasteiger partial charge < -0.3 is 4.90 Å². The summed E-state index contributed by atoms with van der Waals surface area (Å²) in [5, 5.41) is 0. The highest BCUT2D eigenvalue weighted by Crippen LogP contribution is 2.13. The summed E-state index contributed by atoms with van der Waals surface area (Å²) in [5.74, 6) is -0.939. The normalized spacial score (nSPS) is 16.7. The summed E-state index contributed by atoms with van der Waals surface area (Å²) in [4.78, 5) is 27.3. The standard InChI is InChI=1S/C8H11F3N2O3/c9-8(10,11)5-16-12-6(14)4-13-3-1-2-7(13)15/h1-5H2,(H,12,14). The fourth-order valence-corrected chi connectivity index (χ4v) is 1.28. The van der Waals surface area contributed by atoms with E-state index >= 15 is 0 Å². The van der Waals surface area contributed by atoms with Gasteiger partial charge in [0.2, 0.25) is 5.91 Å². The molecule has 0 atom stereocenters. The summed E-state index contributed by atoms with van der Waals surface area (Å²) in [6.07, 6.45) is -3.46. The number of carbonyl (C=O) groups excluding carboxylic acids is 2. The van der Waals surface area contributed by atoms with E-state index in [1.165, 1.54) is 4.90 Å². The van der Waals surface area contributed by atoms with Crippen LogP contribution in [0.5, 0.6) is 0 Å². The highest BCUT2D eigenvalue weighted by molar-refractivity contribution is 5.85. The minimum atomic E-state index is -4.49. The molecule has 0 aliphatic carbocycles. The second kappa shape index (κ2) is 5.15. The van der Waals surface area contributed by atoms with Gasteiger partial charge in [-0.25, -0.2) is 5.48 Å². The lowest BCUT2D eigenvalue weighted by atomic mass is 10.4. The van der Waals surface area contributed by atoms with E-state index in [4.69, 9.17) is 0 Å². The van der Waals surface area contributed by atoms with Gasteiger partial charge in [0.1, 0.15) is 6.54 Å². The maximum absolute atomic E-state index is 11.6. The van der Waals surface area contributed by atoms with Crippen molar-refractivity contribution in [2.75, 3.05) is 19.7 Å². The van der Waals surface area contributed by atoms with Gasteiger partial charge in [0.25, 0.3) is 5.91 Å². The molecule has 0 bridgehead atoms. The van der Waals surface area contributed by atoms with E-state index in [0.717, 1.165) is 0 Å². The van der Waals surface area contributed by atoms with Crippen LogP contribution in [0, 0.1) is 0 Å². The van der Waals surface area contributed by atoms with Crippen LogP contribution in [0.1, 0.15) is 12.8 Å². The third-order valence-electron chi connectivity index (χ3n) is 1.93. The predicted molar refractivity (Wildman–Crippen MR) is 46.0 cm³/mol. The Morgan fingerprint density at radius 1 is 1.50 bits per heavy atom. The van der Waals surface area contributed by atoms with Gasteiger partial charge in [-0.15, -0.1) is 0 Å². The zero-order chi connectivity index (χ0) is 12.2. The number of halogens is 3. The molecule has 2 amide bonds. The van der Waals surface area contributed by atoms with Crippen LogP contribution in [-0.2, 0) is 14.4 Å². The van der Waals surface area contributed by atoms with E-state index in [1.807, 2.05) is 0 Å². The van der Waals surface area contributed by atoms with Gasteiger partial charge in [0.15, 0.2) is 6.61 Å². The summed E-state index contributed by atoms with van der Waals surface area (Å²) in [6.45, 7) is -1.37. The van der Waals surface area contributed by atoms with E-state index in [-0.39, 0.29) is 12.5 Å². The lowest BCUT2D eigenvalue weighted by Crippen LogP contribution is -2.39. The lowest BCUT2D eigenvalue weighted by molar-refractivity contribution is -0.192. The number of hydrogen-bond acceptors (Lipinski definition) is 3. The Morgan fingerprint density at radius 2 is 2.19 bits per heavy atom. The molecule has 1 fully saturated rings. The highest BCUT2D eigenvalue weighted by atomic mass is 19.4. The van der Waals surface area contributed by atoms with Crippen LogP contribution in [0.3, 0.4) is 0 Å². The van der Waals surface area contributed by atoms with Crippen molar-refractivity contribution in [2.24, 2.45) is 0 Å². The van der Waals surface area contributed by atoms with Gasteiger partial charge in [-0.05, 0) is 6.42 Å². The maximum atomic E-state index is 11.6. The Labute approximate surface area is 89.5 Å². The summed E-state index contributed by atoms with van der Waals surface area (Å²) in [7, 11) is 0. The molecule has 0 radical (unpaired) electrons. The van der Waals surface area contributed by atoms with Gasteiger partial charge in [0.05, 0.1) is 0 Å². The molecule has 0 spiro atoms. The van der Waals surface area contributed by atoms with Gasteiger partial charge >= 0.3 is 6.18 Å². The second-order valence-corrected chi connectivity index (χ2v) is 3.35. The van der Waals surface area contributed by atoms with Crippen molar-refractivity contribution in [1.29, 1.82) is 0 Å². The van der Waals surface area contributed by atoms with Crippen molar-refractivity contribution in [2.45, 2.75) is 19.0 Å². The molecule has 0 unspecified atom stereocenters. The average Bonchev–Trinajstić information content (AvgIpc) is 2.49. The third kappa shape index (κ3) is 4.47. The van der Waals surface area contributed by atoms with Gasteiger partial charge in [-0.2, -0.15) is 13.2 Å². The Hall–Kier alpha value is -1.31. The molecule has 8 heteroatoms. The van der Waals surface area contributed by atoms with E-state index in [9.17, 15) is 22.8 Å². The number of carbonyl (C=O) groups is 2. The summed E-state index contributed by atoms with van der Waals surface area (Å²) in [5.41, 5.74) is 1.63. The van der Waals surface area contributed by atoms with Gasteiger partial charge in [-0.1, -0.05) is 0 Å². The number of likely N-dealkylation sites (tertiary alicyclic amines) is 1. The van der Waals surface area contributed by atoms with Crippen LogP contribution in [0.2, 0.25) is 0 Å². The third-order valence-corrected chi connectivity index (χ3v) is 1.93. The zero-order valence-electron chi connectivity index (χ0n) is 8.34. The molecule has 1 rings (SSSR count). The van der Waals surface area contributed by atoms with Crippen LogP contribution in [0.25, 0.3) is 0 Å². The van der Waals surface area contributed by atoms with Gasteiger partial charge in [0, 0.05) is 13.0 Å². The van der Waals surface area contributed by atoms with Gasteiger partial charge in [-0.3, -0.25) is 14.4 Å². The van der Waals surface area contributed by atoms with Crippen molar-refractivity contribution in [3.63, 3.8) is 0 Å². The number of alkyl halides is 3. The Morgan fingerprint density at radius 3 is 2.69 bits per heavy atom. The smallest absolute Gasteiger partial charge is 0.333 e. The van der Waals surface area contributed by atoms with Crippen molar-refractivity contribution in [1.82, 2.24) is 10.4 Å². The predicted octanol–water partition coefficient (Wildman–Crippen LogP) is 0.219. The van der Waals surface area contributed by atoms with Crippen molar-refractivity contribution >= 4 is 11.8 Å². The molecule has 0 aromatic rings. The van der Waals surface area contributed by atoms with Crippen LogP contribution < -0.4 is 5.48 Å². The quantitative estimate of drug-likeness (QED) is 0.715. The molecule has 16 heavy (non-hydrogen) atoms. The van der Waals surface area contributed by atoms with Crippen molar-refractivity contribution in [3.05, 3.63) is 0 Å². The van der Waals surface area contributed by atoms with E-state index < -0.39 is 18.7 Å². The fourth-order valence-electron chi connectivity index (χ4n) is 1.28. The molecule has 1 aliphatic heterocycles. The SMILES string of the molecule is O=C(CN1CCCC1=O)NOCC(F)(F)F. The molecule has 92 valence electrons. The number of hydrogen-bond donors (Lipinski definition) is 1. The first kappa shape index (κ1) is 12.8. The average molecular weight is 240 g/mol. The zero-order valence-corrected chi connectivity index (χ0v) is 8.34. The van der Waals surface area contributed by atoms with Crippen LogP contribution in [0.15, 0.2) is 0 Å². The number of rotatable bonds is 4. The topological polar surface area (TPSA) is 58.6 Å². The molecule has 1 N–H and O–H groups in total. The summed E-state index contributed by atoms with van der Waals surface area (Å²) >= 11 is 0. The van der Waals surface area contributed by atoms with Crippen LogP contribution in [-0.4, -0.2) is 42.6 Å². The monoisotopic (exact) mass is 240 g/mol. The van der Waals surface area contributed by atoms with E-state index in [1.54, 1.807) is 5.48 Å². The largest absolute Gasteiger partial charge is 0.414 e. The molecule has 1 aliphatic rings. The molecule has 1 saturated heterocycles. The number of amides is 2. The number of nitrogens with zero attached hydrogens (tertiary/aromatic N) is 1. The van der Waals surface area contributed by atoms with E-state index in [0.29, 0.717) is 19.4 Å². The number of hydroxylamine groups is 1. The molecule has 0 aromatic carbocycles. The Bertz CT molecular complexity index is 280. The fraction of sp³-hybridized carbons (Fsp3) is 0.750. The Balaban J connectivity index is 2.18. The Kier molecular flexibility index (Phi) is 4.11. The first-order chi connectivity index (χ1) is 7.38. The lowest BCUT2D eigenvalue weighted by Gasteiger charge is -2.15.